The maximum atomic E-state index is 12.4. The summed E-state index contributed by atoms with van der Waals surface area (Å²) in [4.78, 5) is 12.4. The van der Waals surface area contributed by atoms with Crippen LogP contribution in [0.1, 0.15) is 15.9 Å². The molecule has 0 saturated carbocycles. The molecule has 3 aromatic carbocycles. The Morgan fingerprint density at radius 1 is 1.00 bits per heavy atom. The molecule has 0 bridgehead atoms. The third-order valence-corrected chi connectivity index (χ3v) is 4.55. The van der Waals surface area contributed by atoms with Gasteiger partial charge in [-0.15, -0.1) is 5.10 Å². The van der Waals surface area contributed by atoms with Gasteiger partial charge in [0.25, 0.3) is 5.91 Å². The van der Waals surface area contributed by atoms with Crippen LogP contribution in [0.5, 0.6) is 0 Å². The normalized spacial score (nSPS) is 10.9. The van der Waals surface area contributed by atoms with E-state index in [2.05, 4.69) is 26.0 Å². The quantitative estimate of drug-likeness (QED) is 0.365. The van der Waals surface area contributed by atoms with E-state index in [9.17, 15) is 4.79 Å². The van der Waals surface area contributed by atoms with Gasteiger partial charge in [0.1, 0.15) is 0 Å². The zero-order chi connectivity index (χ0) is 20.1. The van der Waals surface area contributed by atoms with Crippen LogP contribution in [0.2, 0.25) is 5.02 Å². The fraction of sp³-hybridized carbons (Fsp3) is 0. The summed E-state index contributed by atoms with van der Waals surface area (Å²) < 4.78 is 0. The molecule has 0 fully saturated rings. The maximum absolute atomic E-state index is 12.4. The van der Waals surface area contributed by atoms with E-state index in [-0.39, 0.29) is 5.91 Å². The summed E-state index contributed by atoms with van der Waals surface area (Å²) in [6.45, 7) is 0. The molecule has 1 heterocycles. The van der Waals surface area contributed by atoms with Crippen molar-refractivity contribution in [2.45, 2.75) is 0 Å². The summed E-state index contributed by atoms with van der Waals surface area (Å²) in [7, 11) is 0. The zero-order valence-electron chi connectivity index (χ0n) is 15.2. The number of aromatic nitrogens is 2. The first-order valence-electron chi connectivity index (χ1n) is 8.86. The highest BCUT2D eigenvalue weighted by Crippen LogP contribution is 2.20. The van der Waals surface area contributed by atoms with E-state index in [1.807, 2.05) is 42.5 Å². The predicted octanol–water partition coefficient (Wildman–Crippen LogP) is 4.98. The molecule has 2 N–H and O–H groups in total. The fourth-order valence-corrected chi connectivity index (χ4v) is 3.04. The maximum Gasteiger partial charge on any atom is 0.257 e. The summed E-state index contributed by atoms with van der Waals surface area (Å²) in [6, 6.07) is 22.0. The lowest BCUT2D eigenvalue weighted by Crippen LogP contribution is -2.12. The van der Waals surface area contributed by atoms with Gasteiger partial charge in [0.05, 0.1) is 23.0 Å². The highest BCUT2D eigenvalue weighted by molar-refractivity contribution is 6.34. The van der Waals surface area contributed by atoms with Gasteiger partial charge >= 0.3 is 0 Å². The van der Waals surface area contributed by atoms with Crippen LogP contribution in [-0.4, -0.2) is 22.3 Å². The largest absolute Gasteiger partial charge is 0.322 e. The van der Waals surface area contributed by atoms with Gasteiger partial charge in [-0.25, -0.2) is 0 Å². The molecule has 0 aliphatic rings. The summed E-state index contributed by atoms with van der Waals surface area (Å²) in [5, 5.41) is 17.5. The molecule has 0 atom stereocenters. The standard InChI is InChI=1S/C22H16ClN5O/c23-20-11-4-3-10-19(20)22(29)26-17-8-5-6-15(12-17)13-24-27-21-18-9-2-1-7-16(18)14-25-28-21/h1-14H,(H,26,29)(H,27,28)/b24-13-. The van der Waals surface area contributed by atoms with Crippen LogP contribution in [-0.2, 0) is 0 Å². The molecule has 1 amide bonds. The minimum atomic E-state index is -0.270. The van der Waals surface area contributed by atoms with Crippen molar-refractivity contribution >= 4 is 46.0 Å². The first-order valence-corrected chi connectivity index (χ1v) is 9.24. The Morgan fingerprint density at radius 3 is 2.72 bits per heavy atom. The van der Waals surface area contributed by atoms with Crippen LogP contribution < -0.4 is 10.7 Å². The van der Waals surface area contributed by atoms with Crippen LogP contribution in [0.15, 0.2) is 84.1 Å². The number of halogens is 1. The van der Waals surface area contributed by atoms with E-state index >= 15 is 0 Å². The minimum absolute atomic E-state index is 0.270. The second-order valence-corrected chi connectivity index (χ2v) is 6.62. The number of nitrogens with zero attached hydrogens (tertiary/aromatic N) is 3. The molecule has 4 rings (SSSR count). The Labute approximate surface area is 172 Å². The molecule has 0 saturated heterocycles. The van der Waals surface area contributed by atoms with Crippen LogP contribution in [0.25, 0.3) is 10.8 Å². The van der Waals surface area contributed by atoms with Crippen LogP contribution in [0, 0.1) is 0 Å². The van der Waals surface area contributed by atoms with E-state index in [1.54, 1.807) is 42.7 Å². The molecule has 6 nitrogen and oxygen atoms in total. The van der Waals surface area contributed by atoms with Crippen molar-refractivity contribution < 1.29 is 4.79 Å². The van der Waals surface area contributed by atoms with E-state index in [0.717, 1.165) is 16.3 Å². The molecule has 0 unspecified atom stereocenters. The van der Waals surface area contributed by atoms with Gasteiger partial charge in [0.2, 0.25) is 0 Å². The van der Waals surface area contributed by atoms with Crippen molar-refractivity contribution in [3.8, 4) is 0 Å². The average Bonchev–Trinajstić information content (AvgIpc) is 2.74. The van der Waals surface area contributed by atoms with Crippen molar-refractivity contribution in [1.82, 2.24) is 10.2 Å². The van der Waals surface area contributed by atoms with Gasteiger partial charge in [0.15, 0.2) is 5.82 Å². The van der Waals surface area contributed by atoms with Gasteiger partial charge in [-0.1, -0.05) is 60.1 Å². The lowest BCUT2D eigenvalue weighted by atomic mass is 10.2. The summed E-state index contributed by atoms with van der Waals surface area (Å²) in [6.07, 6.45) is 3.35. The third kappa shape index (κ3) is 4.39. The molecular weight excluding hydrogens is 386 g/mol. The first-order chi connectivity index (χ1) is 14.2. The lowest BCUT2D eigenvalue weighted by molar-refractivity contribution is 0.102. The second-order valence-electron chi connectivity index (χ2n) is 6.21. The Bertz CT molecular complexity index is 1200. The second kappa shape index (κ2) is 8.50. The van der Waals surface area contributed by atoms with Crippen LogP contribution in [0.3, 0.4) is 0 Å². The van der Waals surface area contributed by atoms with Crippen molar-refractivity contribution in [3.63, 3.8) is 0 Å². The van der Waals surface area contributed by atoms with E-state index < -0.39 is 0 Å². The minimum Gasteiger partial charge on any atom is -0.322 e. The first kappa shape index (κ1) is 18.6. The number of carbonyl (C=O) groups is 1. The molecule has 142 valence electrons. The third-order valence-electron chi connectivity index (χ3n) is 4.22. The highest BCUT2D eigenvalue weighted by Gasteiger charge is 2.09. The number of nitrogens with one attached hydrogen (secondary N) is 2. The summed E-state index contributed by atoms with van der Waals surface area (Å²) >= 11 is 6.08. The molecule has 0 radical (unpaired) electrons. The van der Waals surface area contributed by atoms with E-state index in [4.69, 9.17) is 11.6 Å². The SMILES string of the molecule is O=C(Nc1cccc(/C=N\Nc2nncc3ccccc23)c1)c1ccccc1Cl. The van der Waals surface area contributed by atoms with Gasteiger partial charge < -0.3 is 5.32 Å². The van der Waals surface area contributed by atoms with Gasteiger partial charge in [-0.2, -0.15) is 10.2 Å². The number of benzene rings is 3. The Kier molecular flexibility index (Phi) is 5.45. The number of fused-ring (bicyclic) bond motifs is 1. The number of hydrogen-bond donors (Lipinski definition) is 2. The molecule has 0 spiro atoms. The molecule has 4 aromatic rings. The molecular formula is C22H16ClN5O. The van der Waals surface area contributed by atoms with Crippen molar-refractivity contribution in [2.75, 3.05) is 10.7 Å². The van der Waals surface area contributed by atoms with E-state index in [1.165, 1.54) is 0 Å². The van der Waals surface area contributed by atoms with Crippen LogP contribution >= 0.6 is 11.6 Å². The van der Waals surface area contributed by atoms with Gasteiger partial charge in [-0.05, 0) is 29.8 Å². The zero-order valence-corrected chi connectivity index (χ0v) is 16.0. The molecule has 29 heavy (non-hydrogen) atoms. The Morgan fingerprint density at radius 2 is 1.83 bits per heavy atom. The number of hydrazone groups is 1. The summed E-state index contributed by atoms with van der Waals surface area (Å²) in [5.41, 5.74) is 4.79. The number of anilines is 2. The molecule has 0 aliphatic carbocycles. The summed E-state index contributed by atoms with van der Waals surface area (Å²) in [5.74, 6) is 0.302. The highest BCUT2D eigenvalue weighted by atomic mass is 35.5. The number of hydrogen-bond acceptors (Lipinski definition) is 5. The number of rotatable bonds is 5. The van der Waals surface area contributed by atoms with Crippen LogP contribution in [0.4, 0.5) is 11.5 Å². The Hall–Kier alpha value is -3.77. The fourth-order valence-electron chi connectivity index (χ4n) is 2.82. The van der Waals surface area contributed by atoms with Gasteiger partial charge in [0, 0.05) is 16.5 Å². The monoisotopic (exact) mass is 401 g/mol. The average molecular weight is 402 g/mol. The Balaban J connectivity index is 1.47. The molecule has 1 aromatic heterocycles. The van der Waals surface area contributed by atoms with E-state index in [0.29, 0.717) is 22.1 Å². The number of carbonyl (C=O) groups excluding carboxylic acids is 1. The smallest absolute Gasteiger partial charge is 0.257 e. The van der Waals surface area contributed by atoms with Gasteiger partial charge in [-0.3, -0.25) is 10.2 Å². The van der Waals surface area contributed by atoms with Crippen molar-refractivity contribution in [3.05, 3.63) is 95.1 Å². The molecule has 7 heteroatoms. The topological polar surface area (TPSA) is 79.3 Å². The molecule has 0 aliphatic heterocycles. The number of amides is 1. The predicted molar refractivity (Wildman–Crippen MR) is 117 cm³/mol. The van der Waals surface area contributed by atoms with Crippen molar-refractivity contribution in [1.29, 1.82) is 0 Å². The van der Waals surface area contributed by atoms with Crippen molar-refractivity contribution in [2.24, 2.45) is 5.10 Å². The lowest BCUT2D eigenvalue weighted by Gasteiger charge is -2.07.